The van der Waals surface area contributed by atoms with Gasteiger partial charge in [0.25, 0.3) is 0 Å². The second kappa shape index (κ2) is 5.31. The molecule has 0 aliphatic heterocycles. The largest absolute Gasteiger partial charge is 0.466 e. The predicted octanol–water partition coefficient (Wildman–Crippen LogP) is 3.20. The fraction of sp³-hybridized carbons (Fsp3) is 0.0909. The molecule has 3 nitrogen and oxygen atoms in total. The lowest BCUT2D eigenvalue weighted by Crippen LogP contribution is -2.29. The van der Waals surface area contributed by atoms with Gasteiger partial charge in [-0.3, -0.25) is 5.84 Å². The van der Waals surface area contributed by atoms with Crippen LogP contribution in [0.2, 0.25) is 0 Å². The first-order valence-corrected chi connectivity index (χ1v) is 6.54. The van der Waals surface area contributed by atoms with Crippen LogP contribution in [0.3, 0.4) is 0 Å². The van der Waals surface area contributed by atoms with E-state index in [0.29, 0.717) is 0 Å². The second-order valence-corrected chi connectivity index (χ2v) is 5.27. The molecule has 0 aliphatic rings. The van der Waals surface area contributed by atoms with Gasteiger partial charge in [-0.05, 0) is 56.2 Å². The number of nitrogens with one attached hydrogen (secondary N) is 1. The quantitative estimate of drug-likeness (QED) is 0.479. The van der Waals surface area contributed by atoms with E-state index in [4.69, 9.17) is 10.3 Å². The van der Waals surface area contributed by atoms with Gasteiger partial charge in [-0.25, -0.2) is 5.43 Å². The maximum atomic E-state index is 5.60. The molecule has 1 heterocycles. The Hall–Kier alpha value is -0.370. The monoisotopic (exact) mass is 392 g/mol. The van der Waals surface area contributed by atoms with Gasteiger partial charge in [-0.15, -0.1) is 0 Å². The van der Waals surface area contributed by atoms with Crippen LogP contribution in [0.1, 0.15) is 17.4 Å². The number of nitrogens with two attached hydrogens (primary N) is 1. The van der Waals surface area contributed by atoms with Crippen molar-refractivity contribution in [2.24, 2.45) is 5.84 Å². The molecule has 0 amide bonds. The molecule has 1 atom stereocenters. The number of furan rings is 1. The van der Waals surface area contributed by atoms with E-state index in [0.717, 1.165) is 19.4 Å². The van der Waals surface area contributed by atoms with Crippen LogP contribution >= 0.6 is 38.5 Å². The van der Waals surface area contributed by atoms with E-state index < -0.39 is 0 Å². The average molecular weight is 393 g/mol. The van der Waals surface area contributed by atoms with Crippen molar-refractivity contribution in [1.82, 2.24) is 5.43 Å². The molecule has 1 aromatic carbocycles. The van der Waals surface area contributed by atoms with Gasteiger partial charge >= 0.3 is 0 Å². The van der Waals surface area contributed by atoms with Gasteiger partial charge in [0.2, 0.25) is 0 Å². The standard InChI is InChI=1S/C11H10BrIN2O/c12-8-5-6-16-11(8)10(15-14)7-3-1-2-4-9(7)13/h1-6,10,15H,14H2. The summed E-state index contributed by atoms with van der Waals surface area (Å²) in [5, 5.41) is 0. The molecule has 84 valence electrons. The topological polar surface area (TPSA) is 51.2 Å². The van der Waals surface area contributed by atoms with Crippen molar-refractivity contribution in [3.63, 3.8) is 0 Å². The summed E-state index contributed by atoms with van der Waals surface area (Å²) in [5.41, 5.74) is 3.87. The fourth-order valence-electron chi connectivity index (χ4n) is 1.53. The molecule has 1 unspecified atom stereocenters. The Kier molecular flexibility index (Phi) is 4.01. The molecule has 3 N–H and O–H groups in total. The third kappa shape index (κ3) is 2.32. The Morgan fingerprint density at radius 2 is 2.06 bits per heavy atom. The molecule has 0 aliphatic carbocycles. The van der Waals surface area contributed by atoms with E-state index in [9.17, 15) is 0 Å². The molecular formula is C11H10BrIN2O. The number of halogens is 2. The van der Waals surface area contributed by atoms with Gasteiger partial charge in [0.1, 0.15) is 11.8 Å². The summed E-state index contributed by atoms with van der Waals surface area (Å²) in [6.45, 7) is 0. The number of hydrazine groups is 1. The first kappa shape index (κ1) is 12.1. The van der Waals surface area contributed by atoms with Gasteiger partial charge in [-0.2, -0.15) is 0 Å². The number of benzene rings is 1. The third-order valence-corrected chi connectivity index (χ3v) is 3.93. The van der Waals surface area contributed by atoms with Crippen LogP contribution in [0.5, 0.6) is 0 Å². The van der Waals surface area contributed by atoms with Crippen LogP contribution in [0, 0.1) is 3.57 Å². The van der Waals surface area contributed by atoms with Crippen molar-refractivity contribution in [3.05, 3.63) is 56.0 Å². The van der Waals surface area contributed by atoms with Gasteiger partial charge < -0.3 is 4.42 Å². The van der Waals surface area contributed by atoms with Crippen molar-refractivity contribution in [1.29, 1.82) is 0 Å². The molecule has 0 bridgehead atoms. The van der Waals surface area contributed by atoms with Crippen LogP contribution in [0.15, 0.2) is 45.5 Å². The maximum Gasteiger partial charge on any atom is 0.140 e. The number of hydrogen-bond donors (Lipinski definition) is 2. The van der Waals surface area contributed by atoms with E-state index in [2.05, 4.69) is 43.9 Å². The van der Waals surface area contributed by atoms with E-state index in [1.54, 1.807) is 6.26 Å². The van der Waals surface area contributed by atoms with Crippen molar-refractivity contribution < 1.29 is 4.42 Å². The van der Waals surface area contributed by atoms with Crippen LogP contribution in [0.4, 0.5) is 0 Å². The minimum atomic E-state index is -0.141. The molecule has 16 heavy (non-hydrogen) atoms. The van der Waals surface area contributed by atoms with Gasteiger partial charge in [0, 0.05) is 3.57 Å². The molecule has 0 saturated carbocycles. The van der Waals surface area contributed by atoms with Crippen molar-refractivity contribution in [3.8, 4) is 0 Å². The molecule has 1 aromatic heterocycles. The summed E-state index contributed by atoms with van der Waals surface area (Å²) < 4.78 is 7.49. The highest BCUT2D eigenvalue weighted by Crippen LogP contribution is 2.31. The summed E-state index contributed by atoms with van der Waals surface area (Å²) >= 11 is 5.72. The highest BCUT2D eigenvalue weighted by atomic mass is 127. The second-order valence-electron chi connectivity index (χ2n) is 3.25. The minimum absolute atomic E-state index is 0.141. The van der Waals surface area contributed by atoms with E-state index in [1.165, 1.54) is 0 Å². The fourth-order valence-corrected chi connectivity index (χ4v) is 2.66. The first-order chi connectivity index (χ1) is 7.74. The zero-order valence-electron chi connectivity index (χ0n) is 8.28. The molecule has 0 spiro atoms. The van der Waals surface area contributed by atoms with Gasteiger partial charge in [0.15, 0.2) is 0 Å². The molecule has 5 heteroatoms. The molecule has 0 saturated heterocycles. The van der Waals surface area contributed by atoms with E-state index in [1.807, 2.05) is 30.3 Å². The van der Waals surface area contributed by atoms with Crippen molar-refractivity contribution >= 4 is 38.5 Å². The van der Waals surface area contributed by atoms with Crippen molar-refractivity contribution in [2.75, 3.05) is 0 Å². The summed E-state index contributed by atoms with van der Waals surface area (Å²) in [6.07, 6.45) is 1.64. The summed E-state index contributed by atoms with van der Waals surface area (Å²) in [5.74, 6) is 6.38. The highest BCUT2D eigenvalue weighted by molar-refractivity contribution is 14.1. The van der Waals surface area contributed by atoms with Crippen LogP contribution in [-0.4, -0.2) is 0 Å². The molecule has 0 radical (unpaired) electrons. The lowest BCUT2D eigenvalue weighted by atomic mass is 10.1. The summed E-state index contributed by atoms with van der Waals surface area (Å²) in [7, 11) is 0. The molecule has 2 aromatic rings. The first-order valence-electron chi connectivity index (χ1n) is 4.67. The Bertz CT molecular complexity index is 486. The number of hydrogen-bond acceptors (Lipinski definition) is 3. The lowest BCUT2D eigenvalue weighted by Gasteiger charge is -2.16. The molecule has 0 fully saturated rings. The smallest absolute Gasteiger partial charge is 0.140 e. The van der Waals surface area contributed by atoms with Gasteiger partial charge in [0.05, 0.1) is 10.7 Å². The zero-order valence-corrected chi connectivity index (χ0v) is 12.0. The normalized spacial score (nSPS) is 12.7. The Balaban J connectivity index is 2.45. The van der Waals surface area contributed by atoms with Crippen LogP contribution in [-0.2, 0) is 0 Å². The minimum Gasteiger partial charge on any atom is -0.466 e. The maximum absolute atomic E-state index is 5.60. The predicted molar refractivity (Wildman–Crippen MR) is 74.7 cm³/mol. The summed E-state index contributed by atoms with van der Waals surface area (Å²) in [6, 6.07) is 9.76. The average Bonchev–Trinajstić information content (AvgIpc) is 2.69. The van der Waals surface area contributed by atoms with Crippen LogP contribution in [0.25, 0.3) is 0 Å². The van der Waals surface area contributed by atoms with E-state index in [-0.39, 0.29) is 6.04 Å². The summed E-state index contributed by atoms with van der Waals surface area (Å²) in [4.78, 5) is 0. The van der Waals surface area contributed by atoms with Crippen LogP contribution < -0.4 is 11.3 Å². The van der Waals surface area contributed by atoms with E-state index >= 15 is 0 Å². The molecular weight excluding hydrogens is 383 g/mol. The Morgan fingerprint density at radius 3 is 2.62 bits per heavy atom. The lowest BCUT2D eigenvalue weighted by molar-refractivity contribution is 0.449. The Morgan fingerprint density at radius 1 is 1.31 bits per heavy atom. The Labute approximate surface area is 116 Å². The molecule has 2 rings (SSSR count). The van der Waals surface area contributed by atoms with Gasteiger partial charge in [-0.1, -0.05) is 18.2 Å². The highest BCUT2D eigenvalue weighted by Gasteiger charge is 2.20. The third-order valence-electron chi connectivity index (χ3n) is 2.29. The SMILES string of the molecule is NNC(c1ccccc1I)c1occc1Br. The zero-order chi connectivity index (χ0) is 11.5. The van der Waals surface area contributed by atoms with Crippen molar-refractivity contribution in [2.45, 2.75) is 6.04 Å². The number of rotatable bonds is 3.